The second-order valence-corrected chi connectivity index (χ2v) is 16.9. The maximum Gasteiger partial charge on any atom is 0.180 e. The number of anilines is 1. The molecule has 6 heteroatoms. The second kappa shape index (κ2) is 7.73. The van der Waals surface area contributed by atoms with Crippen molar-refractivity contribution in [2.75, 3.05) is 5.73 Å². The topological polar surface area (TPSA) is 88.6 Å². The monoisotopic (exact) mass is 530 g/mol. The smallest absolute Gasteiger partial charge is 0.180 e. The van der Waals surface area contributed by atoms with Crippen molar-refractivity contribution < 1.29 is 14.9 Å². The first-order chi connectivity index (χ1) is 17.0. The molecule has 3 saturated carbocycles. The van der Waals surface area contributed by atoms with Crippen molar-refractivity contribution in [3.05, 3.63) is 10.6 Å². The molecule has 4 N–H and O–H groups in total. The van der Waals surface area contributed by atoms with Crippen LogP contribution in [0.4, 0.5) is 5.13 Å². The van der Waals surface area contributed by atoms with E-state index in [1.807, 2.05) is 13.8 Å². The van der Waals surface area contributed by atoms with Gasteiger partial charge in [-0.2, -0.15) is 0 Å². The molecule has 0 unspecified atom stereocenters. The molecule has 5 nitrogen and oxygen atoms in total. The number of ether oxygens (including phenoxy) is 1. The summed E-state index contributed by atoms with van der Waals surface area (Å²) in [6.07, 6.45) is 8.02. The number of aromatic nitrogens is 1. The second-order valence-electron chi connectivity index (χ2n) is 15.8. The molecule has 2 heterocycles. The van der Waals surface area contributed by atoms with E-state index in [2.05, 4.69) is 41.5 Å². The minimum atomic E-state index is -0.832. The van der Waals surface area contributed by atoms with Gasteiger partial charge in [0.1, 0.15) is 0 Å². The van der Waals surface area contributed by atoms with E-state index < -0.39 is 5.60 Å². The summed E-state index contributed by atoms with van der Waals surface area (Å²) in [6, 6.07) is 0. The van der Waals surface area contributed by atoms with E-state index in [0.717, 1.165) is 38.5 Å². The molecule has 0 radical (unpaired) electrons. The lowest BCUT2D eigenvalue weighted by molar-refractivity contribution is -0.227. The van der Waals surface area contributed by atoms with E-state index in [1.165, 1.54) is 23.4 Å². The molecule has 0 aromatic carbocycles. The fraction of sp³-hybridized carbons (Fsp3) is 0.903. The van der Waals surface area contributed by atoms with Crippen LogP contribution in [0.5, 0.6) is 0 Å². The van der Waals surface area contributed by atoms with Gasteiger partial charge >= 0.3 is 0 Å². The zero-order valence-electron chi connectivity index (χ0n) is 24.4. The number of fused-ring (bicyclic) bond motifs is 6. The van der Waals surface area contributed by atoms with Crippen molar-refractivity contribution in [3.8, 4) is 0 Å². The van der Waals surface area contributed by atoms with Crippen LogP contribution < -0.4 is 5.73 Å². The number of rotatable bonds is 2. The fourth-order valence-corrected chi connectivity index (χ4v) is 12.6. The summed E-state index contributed by atoms with van der Waals surface area (Å²) < 4.78 is 6.70. The lowest BCUT2D eigenvalue weighted by Crippen LogP contribution is -2.66. The Hall–Kier alpha value is -0.690. The maximum absolute atomic E-state index is 12.1. The number of nitrogens with zero attached hydrogens (tertiary/aromatic N) is 1. The molecule has 1 aromatic heterocycles. The number of aliphatic hydroxyl groups excluding tert-OH is 1. The van der Waals surface area contributed by atoms with Gasteiger partial charge in [0, 0.05) is 10.3 Å². The van der Waals surface area contributed by atoms with Gasteiger partial charge < -0.3 is 20.7 Å². The van der Waals surface area contributed by atoms with E-state index >= 15 is 0 Å². The van der Waals surface area contributed by atoms with Crippen LogP contribution in [0.1, 0.15) is 111 Å². The van der Waals surface area contributed by atoms with Gasteiger partial charge in [-0.3, -0.25) is 0 Å². The Bertz CT molecular complexity index is 1090. The molecule has 1 saturated heterocycles. The van der Waals surface area contributed by atoms with Crippen molar-refractivity contribution in [2.24, 2.45) is 39.9 Å². The van der Waals surface area contributed by atoms with Crippen molar-refractivity contribution in [2.45, 2.75) is 136 Å². The van der Waals surface area contributed by atoms with Gasteiger partial charge in [-0.25, -0.2) is 4.98 Å². The molecule has 0 bridgehead atoms. The Kier molecular flexibility index (Phi) is 5.55. The fourth-order valence-electron chi connectivity index (χ4n) is 11.4. The molecule has 0 spiro atoms. The van der Waals surface area contributed by atoms with Gasteiger partial charge in [0.15, 0.2) is 5.13 Å². The third-order valence-corrected chi connectivity index (χ3v) is 14.2. The summed E-state index contributed by atoms with van der Waals surface area (Å²) >= 11 is 1.69. The molecular weight excluding hydrogens is 480 g/mol. The summed E-state index contributed by atoms with van der Waals surface area (Å²) in [5.74, 6) is 1.58. The predicted molar refractivity (Wildman–Crippen MR) is 149 cm³/mol. The number of aliphatic hydroxyl groups is 2. The molecule has 1 aromatic rings. The van der Waals surface area contributed by atoms with Gasteiger partial charge in [-0.15, -0.1) is 11.3 Å². The molecule has 10 atom stereocenters. The van der Waals surface area contributed by atoms with E-state index in [1.54, 1.807) is 11.3 Å². The van der Waals surface area contributed by atoms with Crippen LogP contribution in [0.2, 0.25) is 0 Å². The summed E-state index contributed by atoms with van der Waals surface area (Å²) in [4.78, 5) is 6.21. The van der Waals surface area contributed by atoms with Crippen molar-refractivity contribution in [1.82, 2.24) is 4.98 Å². The van der Waals surface area contributed by atoms with Crippen LogP contribution in [0.15, 0.2) is 0 Å². The van der Waals surface area contributed by atoms with Gasteiger partial charge in [0.05, 0.1) is 29.1 Å². The maximum atomic E-state index is 12.1. The Labute approximate surface area is 228 Å². The standard InChI is InChI=1S/C31H50N2O3S/c1-26(2)20-10-13-29(6)21(28(20,5)16-19-24(26)33-25(32)37-19)15-18(34)23-17(9-12-30(23,29)7)31(8)14-11-22(36-31)27(3,4)35/h17-18,20-23,34-35H,9-16H2,1-8H3,(H2,32,33)/t17-,18+,20-,21+,22-,23-,28-,29+,30+,31-/m0/s1. The van der Waals surface area contributed by atoms with Gasteiger partial charge in [0.25, 0.3) is 0 Å². The summed E-state index contributed by atoms with van der Waals surface area (Å²) in [5.41, 5.74) is 6.73. The Morgan fingerprint density at radius 3 is 2.30 bits per heavy atom. The minimum absolute atomic E-state index is 0.00399. The Balaban J connectivity index is 1.37. The molecule has 0 amide bonds. The SMILES string of the molecule is CC(C)(O)[C@@H]1CC[C@@](C)([C@H]2CC[C@]3(C)[C@@H]2[C@H](O)C[C@@H]2[C@@]4(C)Cc5sc(N)nc5C(C)(C)[C@@H]4CC[C@]23C)O1. The van der Waals surface area contributed by atoms with Crippen molar-refractivity contribution in [1.29, 1.82) is 0 Å². The average Bonchev–Trinajstić information content (AvgIpc) is 3.46. The first-order valence-corrected chi connectivity index (χ1v) is 15.6. The van der Waals surface area contributed by atoms with Gasteiger partial charge in [-0.05, 0) is 112 Å². The zero-order chi connectivity index (χ0) is 27.0. The molecule has 1 aliphatic heterocycles. The largest absolute Gasteiger partial charge is 0.393 e. The lowest BCUT2D eigenvalue weighted by Gasteiger charge is -2.69. The van der Waals surface area contributed by atoms with E-state index in [9.17, 15) is 10.2 Å². The molecular formula is C31H50N2O3S. The zero-order valence-corrected chi connectivity index (χ0v) is 25.2. The van der Waals surface area contributed by atoms with Crippen LogP contribution in [-0.2, 0) is 16.6 Å². The minimum Gasteiger partial charge on any atom is -0.393 e. The quantitative estimate of drug-likeness (QED) is 0.430. The van der Waals surface area contributed by atoms with E-state index in [4.69, 9.17) is 15.5 Å². The van der Waals surface area contributed by atoms with Crippen molar-refractivity contribution >= 4 is 16.5 Å². The number of thiazole rings is 1. The van der Waals surface area contributed by atoms with Crippen molar-refractivity contribution in [3.63, 3.8) is 0 Å². The predicted octanol–water partition coefficient (Wildman–Crippen LogP) is 6.10. The van der Waals surface area contributed by atoms with E-state index in [0.29, 0.717) is 22.9 Å². The van der Waals surface area contributed by atoms with Gasteiger partial charge in [-0.1, -0.05) is 34.6 Å². The molecule has 37 heavy (non-hydrogen) atoms. The molecule has 4 fully saturated rings. The van der Waals surface area contributed by atoms with Crippen LogP contribution in [0.3, 0.4) is 0 Å². The molecule has 5 aliphatic rings. The number of nitrogens with two attached hydrogens (primary N) is 1. The number of hydrogen-bond acceptors (Lipinski definition) is 6. The highest BCUT2D eigenvalue weighted by molar-refractivity contribution is 7.15. The molecule has 6 rings (SSSR count). The van der Waals surface area contributed by atoms with Crippen LogP contribution in [-0.4, -0.2) is 38.6 Å². The highest BCUT2D eigenvalue weighted by Gasteiger charge is 2.72. The third-order valence-electron chi connectivity index (χ3n) is 13.3. The third kappa shape index (κ3) is 3.34. The van der Waals surface area contributed by atoms with E-state index in [-0.39, 0.29) is 45.4 Å². The highest BCUT2D eigenvalue weighted by atomic mass is 32.1. The average molecular weight is 531 g/mol. The lowest BCUT2D eigenvalue weighted by atomic mass is 9.35. The summed E-state index contributed by atoms with van der Waals surface area (Å²) in [5, 5.41) is 23.5. The Morgan fingerprint density at radius 1 is 0.973 bits per heavy atom. The van der Waals surface area contributed by atoms with Crippen LogP contribution in [0.25, 0.3) is 0 Å². The number of hydrogen-bond donors (Lipinski definition) is 3. The Morgan fingerprint density at radius 2 is 1.65 bits per heavy atom. The summed E-state index contributed by atoms with van der Waals surface area (Å²) in [7, 11) is 0. The van der Waals surface area contributed by atoms with Gasteiger partial charge in [0.2, 0.25) is 0 Å². The number of nitrogen functional groups attached to an aromatic ring is 1. The first-order valence-electron chi connectivity index (χ1n) is 14.8. The van der Waals surface area contributed by atoms with Crippen LogP contribution >= 0.6 is 11.3 Å². The van der Waals surface area contributed by atoms with Crippen LogP contribution in [0, 0.1) is 39.9 Å². The first kappa shape index (κ1) is 26.5. The molecule has 208 valence electrons. The summed E-state index contributed by atoms with van der Waals surface area (Å²) in [6.45, 7) is 18.4. The molecule has 4 aliphatic carbocycles. The normalized spacial score (nSPS) is 50.8. The highest BCUT2D eigenvalue weighted by Crippen LogP contribution is 2.75.